The highest BCUT2D eigenvalue weighted by molar-refractivity contribution is 5.82. The van der Waals surface area contributed by atoms with Crippen LogP contribution in [0.4, 0.5) is 0 Å². The monoisotopic (exact) mass is 353 g/mol. The molecule has 0 aliphatic heterocycles. The van der Waals surface area contributed by atoms with E-state index < -0.39 is 0 Å². The van der Waals surface area contributed by atoms with E-state index in [1.165, 1.54) is 0 Å². The van der Waals surface area contributed by atoms with Gasteiger partial charge in [0.15, 0.2) is 0 Å². The van der Waals surface area contributed by atoms with Gasteiger partial charge in [0, 0.05) is 11.9 Å². The summed E-state index contributed by atoms with van der Waals surface area (Å²) in [5, 5.41) is 9.63. The number of rotatable bonds is 6. The molecule has 0 saturated carbocycles. The van der Waals surface area contributed by atoms with Gasteiger partial charge in [-0.3, -0.25) is 0 Å². The van der Waals surface area contributed by atoms with E-state index in [1.807, 2.05) is 24.4 Å². The van der Waals surface area contributed by atoms with Crippen LogP contribution in [0.25, 0.3) is 22.3 Å². The summed E-state index contributed by atoms with van der Waals surface area (Å²) >= 11 is 0. The molecule has 3 rings (SSSR count). The second-order valence-corrected chi connectivity index (χ2v) is 6.97. The maximum atomic E-state index is 9.63. The second kappa shape index (κ2) is 7.46. The van der Waals surface area contributed by atoms with Crippen molar-refractivity contribution in [2.24, 2.45) is 0 Å². The topological polar surface area (TPSA) is 60.2 Å². The molecule has 1 N–H and O–H groups in total. The molecule has 3 aromatic rings. The summed E-state index contributed by atoms with van der Waals surface area (Å²) in [5.74, 6) is 0.945. The Balaban J connectivity index is 2.14. The molecule has 0 aromatic carbocycles. The van der Waals surface area contributed by atoms with Gasteiger partial charge in [0.1, 0.15) is 0 Å². The van der Waals surface area contributed by atoms with E-state index in [0.29, 0.717) is 11.8 Å². The van der Waals surface area contributed by atoms with Crippen LogP contribution >= 0.6 is 0 Å². The van der Waals surface area contributed by atoms with Gasteiger partial charge >= 0.3 is 0 Å². The SMILES string of the molecule is CCC(CO)n1ccc2nc(-c3ccc(C(C)C)nc3OC)c(C)cc21. The fourth-order valence-electron chi connectivity index (χ4n) is 3.29. The van der Waals surface area contributed by atoms with E-state index in [4.69, 9.17) is 9.72 Å². The van der Waals surface area contributed by atoms with Crippen molar-refractivity contribution in [3.8, 4) is 17.1 Å². The van der Waals surface area contributed by atoms with Crippen LogP contribution in [0.5, 0.6) is 5.88 Å². The Morgan fingerprint density at radius 1 is 1.19 bits per heavy atom. The summed E-state index contributed by atoms with van der Waals surface area (Å²) in [6.07, 6.45) is 2.87. The third-order valence-electron chi connectivity index (χ3n) is 4.89. The van der Waals surface area contributed by atoms with Crippen molar-refractivity contribution in [3.05, 3.63) is 41.7 Å². The molecule has 0 bridgehead atoms. The molecule has 0 fully saturated rings. The minimum atomic E-state index is 0.0704. The zero-order valence-electron chi connectivity index (χ0n) is 16.2. The first-order valence-corrected chi connectivity index (χ1v) is 9.14. The zero-order chi connectivity index (χ0) is 18.8. The van der Waals surface area contributed by atoms with Gasteiger partial charge < -0.3 is 14.4 Å². The van der Waals surface area contributed by atoms with E-state index >= 15 is 0 Å². The number of aliphatic hydroxyl groups is 1. The van der Waals surface area contributed by atoms with Gasteiger partial charge in [-0.15, -0.1) is 0 Å². The molecule has 0 amide bonds. The molecule has 26 heavy (non-hydrogen) atoms. The number of hydrogen-bond acceptors (Lipinski definition) is 4. The van der Waals surface area contributed by atoms with Crippen molar-refractivity contribution >= 4 is 11.0 Å². The lowest BCUT2D eigenvalue weighted by Crippen LogP contribution is -2.11. The molecule has 0 aliphatic carbocycles. The lowest BCUT2D eigenvalue weighted by Gasteiger charge is -2.17. The van der Waals surface area contributed by atoms with Gasteiger partial charge in [0.25, 0.3) is 0 Å². The summed E-state index contributed by atoms with van der Waals surface area (Å²) in [7, 11) is 1.65. The van der Waals surface area contributed by atoms with Gasteiger partial charge in [0.2, 0.25) is 5.88 Å². The van der Waals surface area contributed by atoms with Crippen molar-refractivity contribution in [1.82, 2.24) is 14.5 Å². The quantitative estimate of drug-likeness (QED) is 0.710. The molecular formula is C21H27N3O2. The Morgan fingerprint density at radius 2 is 1.96 bits per heavy atom. The van der Waals surface area contributed by atoms with Crippen molar-refractivity contribution in [1.29, 1.82) is 0 Å². The van der Waals surface area contributed by atoms with E-state index in [-0.39, 0.29) is 12.6 Å². The van der Waals surface area contributed by atoms with Crippen LogP contribution in [0.2, 0.25) is 0 Å². The van der Waals surface area contributed by atoms with E-state index in [2.05, 4.69) is 43.3 Å². The average Bonchev–Trinajstić information content (AvgIpc) is 3.04. The van der Waals surface area contributed by atoms with E-state index in [1.54, 1.807) is 7.11 Å². The third-order valence-corrected chi connectivity index (χ3v) is 4.89. The highest BCUT2D eigenvalue weighted by Gasteiger charge is 2.17. The van der Waals surface area contributed by atoms with Crippen LogP contribution in [0.1, 0.15) is 50.4 Å². The zero-order valence-corrected chi connectivity index (χ0v) is 16.2. The summed E-state index contributed by atoms with van der Waals surface area (Å²) in [6.45, 7) is 8.48. The number of hydrogen-bond donors (Lipinski definition) is 1. The predicted octanol–water partition coefficient (Wildman–Crippen LogP) is 4.48. The molecular weight excluding hydrogens is 326 g/mol. The number of nitrogens with zero attached hydrogens (tertiary/aromatic N) is 3. The standard InChI is InChI=1S/C21H27N3O2/c1-6-15(12-25)24-10-9-18-19(24)11-14(4)20(22-18)16-7-8-17(13(2)3)23-21(16)26-5/h7-11,13,15,25H,6,12H2,1-5H3. The number of methoxy groups -OCH3 is 1. The van der Waals surface area contributed by atoms with Crippen molar-refractivity contribution in [2.75, 3.05) is 13.7 Å². The molecule has 5 nitrogen and oxygen atoms in total. The summed E-state index contributed by atoms with van der Waals surface area (Å²) in [5.41, 5.74) is 5.79. The molecule has 1 unspecified atom stereocenters. The van der Waals surface area contributed by atoms with Crippen LogP contribution in [-0.4, -0.2) is 33.4 Å². The van der Waals surface area contributed by atoms with Crippen molar-refractivity contribution in [2.45, 2.75) is 46.1 Å². The largest absolute Gasteiger partial charge is 0.480 e. The fourth-order valence-corrected chi connectivity index (χ4v) is 3.29. The summed E-state index contributed by atoms with van der Waals surface area (Å²) in [6, 6.07) is 8.28. The van der Waals surface area contributed by atoms with Gasteiger partial charge in [-0.1, -0.05) is 20.8 Å². The van der Waals surface area contributed by atoms with E-state index in [0.717, 1.165) is 40.0 Å². The maximum Gasteiger partial charge on any atom is 0.222 e. The van der Waals surface area contributed by atoms with Crippen LogP contribution in [0, 0.1) is 6.92 Å². The molecule has 3 aromatic heterocycles. The Labute approximate surface area is 154 Å². The highest BCUT2D eigenvalue weighted by atomic mass is 16.5. The van der Waals surface area contributed by atoms with Crippen LogP contribution < -0.4 is 4.74 Å². The van der Waals surface area contributed by atoms with Crippen molar-refractivity contribution < 1.29 is 9.84 Å². The maximum absolute atomic E-state index is 9.63. The number of pyridine rings is 2. The Hall–Kier alpha value is -2.40. The second-order valence-electron chi connectivity index (χ2n) is 6.97. The smallest absolute Gasteiger partial charge is 0.222 e. The van der Waals surface area contributed by atoms with E-state index in [9.17, 15) is 5.11 Å². The van der Waals surface area contributed by atoms with Gasteiger partial charge in [-0.2, -0.15) is 0 Å². The molecule has 1 atom stereocenters. The molecule has 0 radical (unpaired) electrons. The summed E-state index contributed by atoms with van der Waals surface area (Å²) < 4.78 is 7.65. The third kappa shape index (κ3) is 3.19. The Kier molecular flexibility index (Phi) is 5.28. The molecule has 0 saturated heterocycles. The number of aromatic nitrogens is 3. The predicted molar refractivity (Wildman–Crippen MR) is 105 cm³/mol. The fraction of sp³-hybridized carbons (Fsp3) is 0.429. The molecule has 0 aliphatic rings. The Morgan fingerprint density at radius 3 is 2.58 bits per heavy atom. The van der Waals surface area contributed by atoms with Crippen LogP contribution in [0.15, 0.2) is 30.5 Å². The average molecular weight is 353 g/mol. The van der Waals surface area contributed by atoms with Gasteiger partial charge in [-0.25, -0.2) is 9.97 Å². The normalized spacial score (nSPS) is 12.7. The molecule has 5 heteroatoms. The first-order chi connectivity index (χ1) is 12.5. The lowest BCUT2D eigenvalue weighted by molar-refractivity contribution is 0.227. The first kappa shape index (κ1) is 18.4. The van der Waals surface area contributed by atoms with Crippen LogP contribution in [-0.2, 0) is 0 Å². The van der Waals surface area contributed by atoms with Gasteiger partial charge in [-0.05, 0) is 49.1 Å². The summed E-state index contributed by atoms with van der Waals surface area (Å²) in [4.78, 5) is 9.53. The number of aliphatic hydroxyl groups excluding tert-OH is 1. The lowest BCUT2D eigenvalue weighted by atomic mass is 10.0. The minimum Gasteiger partial charge on any atom is -0.480 e. The van der Waals surface area contributed by atoms with Crippen molar-refractivity contribution in [3.63, 3.8) is 0 Å². The van der Waals surface area contributed by atoms with Gasteiger partial charge in [0.05, 0.1) is 42.0 Å². The number of ether oxygens (including phenoxy) is 1. The highest BCUT2D eigenvalue weighted by Crippen LogP contribution is 2.33. The molecule has 138 valence electrons. The minimum absolute atomic E-state index is 0.0704. The molecule has 0 spiro atoms. The first-order valence-electron chi connectivity index (χ1n) is 9.14. The Bertz CT molecular complexity index is 911. The van der Waals surface area contributed by atoms with Crippen LogP contribution in [0.3, 0.4) is 0 Å². The molecule has 3 heterocycles. The number of fused-ring (bicyclic) bond motifs is 1. The number of aryl methyl sites for hydroxylation is 1.